The highest BCUT2D eigenvalue weighted by atomic mass is 16.3. The first-order valence-corrected chi connectivity index (χ1v) is 4.12. The van der Waals surface area contributed by atoms with Crippen molar-refractivity contribution in [3.63, 3.8) is 0 Å². The molecule has 0 aliphatic carbocycles. The molecule has 2 heteroatoms. The smallest absolute Gasteiger partial charge is 0.115 e. The lowest BCUT2D eigenvalue weighted by Crippen LogP contribution is -1.81. The Morgan fingerprint density at radius 3 is 2.58 bits per heavy atom. The quantitative estimate of drug-likeness (QED) is 0.681. The van der Waals surface area contributed by atoms with Crippen molar-refractivity contribution in [2.24, 2.45) is 4.99 Å². The summed E-state index contributed by atoms with van der Waals surface area (Å²) in [5.74, 6) is 0.294. The van der Waals surface area contributed by atoms with E-state index in [1.165, 1.54) is 0 Å². The van der Waals surface area contributed by atoms with Crippen molar-refractivity contribution in [1.29, 1.82) is 0 Å². The molecule has 0 aliphatic rings. The highest BCUT2D eigenvalue weighted by molar-refractivity contribution is 5.79. The van der Waals surface area contributed by atoms with Gasteiger partial charge in [-0.25, -0.2) is 0 Å². The zero-order chi connectivity index (χ0) is 8.81. The van der Waals surface area contributed by atoms with Gasteiger partial charge in [0.2, 0.25) is 0 Å². The number of aliphatic imine (C=N–C) groups is 1. The number of rotatable bonds is 3. The molecule has 0 bridgehead atoms. The molecule has 0 heterocycles. The van der Waals surface area contributed by atoms with Crippen LogP contribution in [0.2, 0.25) is 0 Å². The normalized spacial score (nSPS) is 10.8. The van der Waals surface area contributed by atoms with E-state index >= 15 is 0 Å². The van der Waals surface area contributed by atoms with Crippen molar-refractivity contribution in [2.75, 3.05) is 6.54 Å². The molecule has 1 aromatic rings. The molecule has 0 amide bonds. The Kier molecular flexibility index (Phi) is 3.33. The first-order chi connectivity index (χ1) is 5.83. The first-order valence-electron chi connectivity index (χ1n) is 4.12. The third-order valence-electron chi connectivity index (χ3n) is 1.49. The summed E-state index contributed by atoms with van der Waals surface area (Å²) >= 11 is 0. The fourth-order valence-electron chi connectivity index (χ4n) is 0.859. The SMILES string of the molecule is CCC/N=C/c1ccc(O)cc1. The molecule has 0 aromatic heterocycles. The van der Waals surface area contributed by atoms with Crippen LogP contribution in [0.1, 0.15) is 18.9 Å². The van der Waals surface area contributed by atoms with Gasteiger partial charge in [0, 0.05) is 12.8 Å². The zero-order valence-corrected chi connectivity index (χ0v) is 7.20. The van der Waals surface area contributed by atoms with Gasteiger partial charge in [-0.3, -0.25) is 4.99 Å². The van der Waals surface area contributed by atoms with E-state index in [0.717, 1.165) is 18.5 Å². The van der Waals surface area contributed by atoms with E-state index in [9.17, 15) is 0 Å². The molecule has 0 unspecified atom stereocenters. The van der Waals surface area contributed by atoms with E-state index in [-0.39, 0.29) is 0 Å². The number of benzene rings is 1. The molecule has 12 heavy (non-hydrogen) atoms. The maximum Gasteiger partial charge on any atom is 0.115 e. The van der Waals surface area contributed by atoms with Crippen LogP contribution in [-0.2, 0) is 0 Å². The van der Waals surface area contributed by atoms with Crippen LogP contribution in [0, 0.1) is 0 Å². The van der Waals surface area contributed by atoms with Crippen LogP contribution in [0.4, 0.5) is 0 Å². The molecular formula is C10H13NO. The Bertz CT molecular complexity index is 251. The van der Waals surface area contributed by atoms with Crippen LogP contribution < -0.4 is 0 Å². The predicted molar refractivity (Wildman–Crippen MR) is 50.9 cm³/mol. The van der Waals surface area contributed by atoms with Crippen molar-refractivity contribution in [3.05, 3.63) is 29.8 Å². The summed E-state index contributed by atoms with van der Waals surface area (Å²) < 4.78 is 0. The van der Waals surface area contributed by atoms with Gasteiger partial charge in [-0.05, 0) is 36.2 Å². The Balaban J connectivity index is 2.58. The third kappa shape index (κ3) is 2.74. The minimum atomic E-state index is 0.294. The van der Waals surface area contributed by atoms with Crippen molar-refractivity contribution in [1.82, 2.24) is 0 Å². The van der Waals surface area contributed by atoms with Gasteiger partial charge in [-0.15, -0.1) is 0 Å². The summed E-state index contributed by atoms with van der Waals surface area (Å²) in [6.07, 6.45) is 2.89. The highest BCUT2D eigenvalue weighted by Gasteiger charge is 1.87. The molecule has 1 N–H and O–H groups in total. The van der Waals surface area contributed by atoms with Gasteiger partial charge < -0.3 is 5.11 Å². The van der Waals surface area contributed by atoms with E-state index in [4.69, 9.17) is 5.11 Å². The van der Waals surface area contributed by atoms with Crippen LogP contribution in [0.15, 0.2) is 29.3 Å². The van der Waals surface area contributed by atoms with Crippen molar-refractivity contribution in [2.45, 2.75) is 13.3 Å². The lowest BCUT2D eigenvalue weighted by atomic mass is 10.2. The van der Waals surface area contributed by atoms with Gasteiger partial charge in [0.25, 0.3) is 0 Å². The Hall–Kier alpha value is -1.31. The molecule has 1 aromatic carbocycles. The molecule has 2 nitrogen and oxygen atoms in total. The number of phenols is 1. The van der Waals surface area contributed by atoms with Gasteiger partial charge in [-0.2, -0.15) is 0 Å². The van der Waals surface area contributed by atoms with Crippen LogP contribution in [0.3, 0.4) is 0 Å². The van der Waals surface area contributed by atoms with Gasteiger partial charge in [0.15, 0.2) is 0 Å². The van der Waals surface area contributed by atoms with Crippen molar-refractivity contribution < 1.29 is 5.11 Å². The maximum absolute atomic E-state index is 8.98. The molecule has 0 saturated heterocycles. The average molecular weight is 163 g/mol. The zero-order valence-electron chi connectivity index (χ0n) is 7.20. The van der Waals surface area contributed by atoms with E-state index in [2.05, 4.69) is 11.9 Å². The monoisotopic (exact) mass is 163 g/mol. The van der Waals surface area contributed by atoms with E-state index in [1.54, 1.807) is 12.1 Å². The molecule has 1 rings (SSSR count). The molecule has 0 atom stereocenters. The largest absolute Gasteiger partial charge is 0.508 e. The second-order valence-corrected chi connectivity index (χ2v) is 2.63. The second-order valence-electron chi connectivity index (χ2n) is 2.63. The minimum absolute atomic E-state index is 0.294. The van der Waals surface area contributed by atoms with Crippen LogP contribution >= 0.6 is 0 Å². The highest BCUT2D eigenvalue weighted by Crippen LogP contribution is 2.07. The third-order valence-corrected chi connectivity index (χ3v) is 1.49. The Labute approximate surface area is 72.6 Å². The lowest BCUT2D eigenvalue weighted by Gasteiger charge is -1.92. The fourth-order valence-corrected chi connectivity index (χ4v) is 0.859. The molecular weight excluding hydrogens is 150 g/mol. The molecule has 0 saturated carbocycles. The summed E-state index contributed by atoms with van der Waals surface area (Å²) in [5, 5.41) is 8.98. The second kappa shape index (κ2) is 4.54. The molecule has 0 aliphatic heterocycles. The number of nitrogens with zero attached hydrogens (tertiary/aromatic N) is 1. The van der Waals surface area contributed by atoms with Crippen LogP contribution in [0.5, 0.6) is 5.75 Å². The van der Waals surface area contributed by atoms with E-state index in [1.807, 2.05) is 18.3 Å². The minimum Gasteiger partial charge on any atom is -0.508 e. The van der Waals surface area contributed by atoms with Gasteiger partial charge in [0.05, 0.1) is 0 Å². The molecule has 0 radical (unpaired) electrons. The molecule has 0 spiro atoms. The lowest BCUT2D eigenvalue weighted by molar-refractivity contribution is 0.475. The standard InChI is InChI=1S/C10H13NO/c1-2-7-11-8-9-3-5-10(12)6-4-9/h3-6,8,12H,2,7H2,1H3/b11-8+. The summed E-state index contributed by atoms with van der Waals surface area (Å²) in [6, 6.07) is 7.00. The van der Waals surface area contributed by atoms with Crippen molar-refractivity contribution >= 4 is 6.21 Å². The molecule has 64 valence electrons. The van der Waals surface area contributed by atoms with E-state index in [0.29, 0.717) is 5.75 Å². The number of hydrogen-bond donors (Lipinski definition) is 1. The Morgan fingerprint density at radius 2 is 2.00 bits per heavy atom. The number of phenolic OH excluding ortho intramolecular Hbond substituents is 1. The van der Waals surface area contributed by atoms with Crippen LogP contribution in [-0.4, -0.2) is 17.9 Å². The maximum atomic E-state index is 8.98. The average Bonchev–Trinajstić information content (AvgIpc) is 2.09. The van der Waals surface area contributed by atoms with Crippen LogP contribution in [0.25, 0.3) is 0 Å². The van der Waals surface area contributed by atoms with Gasteiger partial charge in [0.1, 0.15) is 5.75 Å². The summed E-state index contributed by atoms with van der Waals surface area (Å²) in [5.41, 5.74) is 1.03. The van der Waals surface area contributed by atoms with Gasteiger partial charge in [-0.1, -0.05) is 6.92 Å². The topological polar surface area (TPSA) is 32.6 Å². The number of aromatic hydroxyl groups is 1. The number of hydrogen-bond acceptors (Lipinski definition) is 2. The van der Waals surface area contributed by atoms with Crippen molar-refractivity contribution in [3.8, 4) is 5.75 Å². The summed E-state index contributed by atoms with van der Waals surface area (Å²) in [7, 11) is 0. The predicted octanol–water partition coefficient (Wildman–Crippen LogP) is 2.22. The first kappa shape index (κ1) is 8.78. The summed E-state index contributed by atoms with van der Waals surface area (Å²) in [6.45, 7) is 2.95. The fraction of sp³-hybridized carbons (Fsp3) is 0.300. The summed E-state index contributed by atoms with van der Waals surface area (Å²) in [4.78, 5) is 4.18. The van der Waals surface area contributed by atoms with Gasteiger partial charge >= 0.3 is 0 Å². The Morgan fingerprint density at radius 1 is 1.33 bits per heavy atom. The van der Waals surface area contributed by atoms with E-state index < -0.39 is 0 Å². The molecule has 0 fully saturated rings.